The molecule has 1 saturated heterocycles. The average Bonchev–Trinajstić information content (AvgIpc) is 2.67. The van der Waals surface area contributed by atoms with Gasteiger partial charge in [0.1, 0.15) is 5.82 Å². The molecule has 2 rings (SSSR count). The SMILES string of the molecule is CCCc1nn(C)c(N2CCC(CCC)CC2)c1N. The van der Waals surface area contributed by atoms with E-state index in [-0.39, 0.29) is 0 Å². The van der Waals surface area contributed by atoms with Crippen LogP contribution in [0, 0.1) is 5.92 Å². The maximum absolute atomic E-state index is 6.29. The van der Waals surface area contributed by atoms with Crippen molar-refractivity contribution in [3.05, 3.63) is 5.69 Å². The molecule has 2 N–H and O–H groups in total. The fourth-order valence-corrected chi connectivity index (χ4v) is 3.22. The van der Waals surface area contributed by atoms with Gasteiger partial charge in [-0.25, -0.2) is 0 Å². The van der Waals surface area contributed by atoms with Gasteiger partial charge in [0.2, 0.25) is 0 Å². The van der Waals surface area contributed by atoms with Gasteiger partial charge >= 0.3 is 0 Å². The number of hydrogen-bond acceptors (Lipinski definition) is 3. The van der Waals surface area contributed by atoms with Crippen LogP contribution >= 0.6 is 0 Å². The van der Waals surface area contributed by atoms with Crippen molar-refractivity contribution in [3.63, 3.8) is 0 Å². The number of anilines is 2. The van der Waals surface area contributed by atoms with E-state index in [4.69, 9.17) is 5.73 Å². The van der Waals surface area contributed by atoms with Crippen LogP contribution in [0.2, 0.25) is 0 Å². The van der Waals surface area contributed by atoms with Crippen LogP contribution < -0.4 is 10.6 Å². The molecule has 1 aromatic rings. The van der Waals surface area contributed by atoms with E-state index in [2.05, 4.69) is 23.8 Å². The molecule has 0 saturated carbocycles. The van der Waals surface area contributed by atoms with Crippen molar-refractivity contribution in [2.24, 2.45) is 13.0 Å². The van der Waals surface area contributed by atoms with Crippen LogP contribution in [0.4, 0.5) is 11.5 Å². The van der Waals surface area contributed by atoms with Gasteiger partial charge in [-0.15, -0.1) is 0 Å². The minimum absolute atomic E-state index is 0.901. The van der Waals surface area contributed by atoms with Crippen molar-refractivity contribution in [3.8, 4) is 0 Å². The lowest BCUT2D eigenvalue weighted by Gasteiger charge is -2.33. The maximum Gasteiger partial charge on any atom is 0.150 e. The predicted octanol–water partition coefficient (Wildman–Crippen LogP) is 2.97. The van der Waals surface area contributed by atoms with Gasteiger partial charge in [0.15, 0.2) is 0 Å². The highest BCUT2D eigenvalue weighted by molar-refractivity contribution is 5.66. The second-order valence-corrected chi connectivity index (χ2v) is 5.78. The number of hydrogen-bond donors (Lipinski definition) is 1. The Balaban J connectivity index is 2.07. The first-order valence-electron chi connectivity index (χ1n) is 7.73. The molecular weight excluding hydrogens is 236 g/mol. The minimum Gasteiger partial charge on any atom is -0.394 e. The Morgan fingerprint density at radius 3 is 2.47 bits per heavy atom. The lowest BCUT2D eigenvalue weighted by Crippen LogP contribution is -2.35. The molecular formula is C15H28N4. The van der Waals surface area contributed by atoms with Crippen molar-refractivity contribution >= 4 is 11.5 Å². The highest BCUT2D eigenvalue weighted by Gasteiger charge is 2.24. The van der Waals surface area contributed by atoms with E-state index >= 15 is 0 Å². The molecule has 1 aliphatic rings. The van der Waals surface area contributed by atoms with Crippen LogP contribution in [0.3, 0.4) is 0 Å². The van der Waals surface area contributed by atoms with Gasteiger partial charge in [0.25, 0.3) is 0 Å². The molecule has 0 aliphatic carbocycles. The van der Waals surface area contributed by atoms with E-state index in [1.807, 2.05) is 11.7 Å². The first kappa shape index (κ1) is 14.2. The third-order valence-corrected chi connectivity index (χ3v) is 4.23. The van der Waals surface area contributed by atoms with Gasteiger partial charge < -0.3 is 10.6 Å². The third-order valence-electron chi connectivity index (χ3n) is 4.23. The van der Waals surface area contributed by atoms with E-state index in [0.717, 1.165) is 49.0 Å². The summed E-state index contributed by atoms with van der Waals surface area (Å²) in [7, 11) is 2.02. The van der Waals surface area contributed by atoms with Gasteiger partial charge in [0, 0.05) is 20.1 Å². The molecule has 4 heteroatoms. The number of nitrogen functional groups attached to an aromatic ring is 1. The number of piperidine rings is 1. The number of aromatic nitrogens is 2. The van der Waals surface area contributed by atoms with Gasteiger partial charge in [0.05, 0.1) is 11.4 Å². The summed E-state index contributed by atoms with van der Waals surface area (Å²) in [5.41, 5.74) is 8.26. The number of rotatable bonds is 5. The molecule has 0 atom stereocenters. The average molecular weight is 264 g/mol. The minimum atomic E-state index is 0.901. The van der Waals surface area contributed by atoms with Gasteiger partial charge in [-0.2, -0.15) is 5.10 Å². The Morgan fingerprint density at radius 2 is 1.89 bits per heavy atom. The van der Waals surface area contributed by atoms with Gasteiger partial charge in [-0.05, 0) is 25.2 Å². The molecule has 1 aromatic heterocycles. The van der Waals surface area contributed by atoms with Crippen molar-refractivity contribution in [1.29, 1.82) is 0 Å². The van der Waals surface area contributed by atoms with E-state index < -0.39 is 0 Å². The van der Waals surface area contributed by atoms with Crippen molar-refractivity contribution in [2.75, 3.05) is 23.7 Å². The monoisotopic (exact) mass is 264 g/mol. The van der Waals surface area contributed by atoms with Crippen molar-refractivity contribution < 1.29 is 0 Å². The Bertz CT molecular complexity index is 403. The van der Waals surface area contributed by atoms with Gasteiger partial charge in [-0.3, -0.25) is 4.68 Å². The zero-order valence-electron chi connectivity index (χ0n) is 12.7. The van der Waals surface area contributed by atoms with E-state index in [0.29, 0.717) is 0 Å². The van der Waals surface area contributed by atoms with E-state index in [9.17, 15) is 0 Å². The summed E-state index contributed by atoms with van der Waals surface area (Å²) in [6, 6.07) is 0. The molecule has 0 unspecified atom stereocenters. The molecule has 108 valence electrons. The Labute approximate surface area is 117 Å². The topological polar surface area (TPSA) is 47.1 Å². The summed E-state index contributed by atoms with van der Waals surface area (Å²) in [6.07, 6.45) is 7.34. The second kappa shape index (κ2) is 6.31. The quantitative estimate of drug-likeness (QED) is 0.889. The summed E-state index contributed by atoms with van der Waals surface area (Å²) in [5.74, 6) is 2.05. The highest BCUT2D eigenvalue weighted by atomic mass is 15.4. The lowest BCUT2D eigenvalue weighted by atomic mass is 9.92. The first-order valence-corrected chi connectivity index (χ1v) is 7.73. The number of nitrogens with two attached hydrogens (primary N) is 1. The lowest BCUT2D eigenvalue weighted by molar-refractivity contribution is 0.375. The smallest absolute Gasteiger partial charge is 0.150 e. The summed E-state index contributed by atoms with van der Waals surface area (Å²) in [4.78, 5) is 2.42. The maximum atomic E-state index is 6.29. The Hall–Kier alpha value is -1.19. The van der Waals surface area contributed by atoms with Crippen LogP contribution in [0.1, 0.15) is 51.6 Å². The molecule has 4 nitrogen and oxygen atoms in total. The normalized spacial score (nSPS) is 17.1. The molecule has 19 heavy (non-hydrogen) atoms. The molecule has 1 fully saturated rings. The van der Waals surface area contributed by atoms with Crippen molar-refractivity contribution in [2.45, 2.75) is 52.4 Å². The van der Waals surface area contributed by atoms with Crippen LogP contribution in [-0.2, 0) is 13.5 Å². The number of nitrogens with zero attached hydrogens (tertiary/aromatic N) is 3. The highest BCUT2D eigenvalue weighted by Crippen LogP contribution is 2.31. The summed E-state index contributed by atoms with van der Waals surface area (Å²) in [5, 5.41) is 4.58. The van der Waals surface area contributed by atoms with Crippen LogP contribution in [0.5, 0.6) is 0 Å². The largest absolute Gasteiger partial charge is 0.394 e. The number of aryl methyl sites for hydroxylation is 2. The van der Waals surface area contributed by atoms with E-state index in [1.54, 1.807) is 0 Å². The fourth-order valence-electron chi connectivity index (χ4n) is 3.22. The zero-order chi connectivity index (χ0) is 13.8. The first-order chi connectivity index (χ1) is 9.17. The molecule has 0 bridgehead atoms. The van der Waals surface area contributed by atoms with Crippen LogP contribution in [0.25, 0.3) is 0 Å². The van der Waals surface area contributed by atoms with Crippen LogP contribution in [0.15, 0.2) is 0 Å². The standard InChI is InChI=1S/C15H28N4/c1-4-6-12-8-10-19(11-9-12)15-14(16)13(7-5-2)17-18(15)3/h12H,4-11,16H2,1-3H3. The zero-order valence-corrected chi connectivity index (χ0v) is 12.7. The summed E-state index contributed by atoms with van der Waals surface area (Å²) in [6.45, 7) is 6.70. The summed E-state index contributed by atoms with van der Waals surface area (Å²) < 4.78 is 1.97. The second-order valence-electron chi connectivity index (χ2n) is 5.78. The molecule has 0 aromatic carbocycles. The summed E-state index contributed by atoms with van der Waals surface area (Å²) >= 11 is 0. The fraction of sp³-hybridized carbons (Fsp3) is 0.800. The third kappa shape index (κ3) is 3.04. The Kier molecular flexibility index (Phi) is 4.72. The van der Waals surface area contributed by atoms with Gasteiger partial charge in [-0.1, -0.05) is 33.1 Å². The van der Waals surface area contributed by atoms with E-state index in [1.165, 1.54) is 25.7 Å². The molecule has 1 aliphatic heterocycles. The molecule has 0 radical (unpaired) electrons. The van der Waals surface area contributed by atoms with Crippen LogP contribution in [-0.4, -0.2) is 22.9 Å². The molecule has 0 amide bonds. The van der Waals surface area contributed by atoms with Crippen molar-refractivity contribution in [1.82, 2.24) is 9.78 Å². The Morgan fingerprint density at radius 1 is 1.21 bits per heavy atom. The molecule has 0 spiro atoms. The molecule has 2 heterocycles. The predicted molar refractivity (Wildman–Crippen MR) is 81.5 cm³/mol.